The van der Waals surface area contributed by atoms with E-state index in [1.165, 1.54) is 0 Å². The molecule has 6 heteroatoms. The fourth-order valence-electron chi connectivity index (χ4n) is 1.80. The summed E-state index contributed by atoms with van der Waals surface area (Å²) >= 11 is 4.82. The third kappa shape index (κ3) is 1.71. The fourth-order valence-corrected chi connectivity index (χ4v) is 1.89. The highest BCUT2D eigenvalue weighted by Crippen LogP contribution is 2.24. The number of pyridine rings is 1. The zero-order valence-electron chi connectivity index (χ0n) is 9.40. The molecule has 0 amide bonds. The smallest absolute Gasteiger partial charge is 0.169 e. The van der Waals surface area contributed by atoms with Crippen LogP contribution in [0.4, 0.5) is 5.82 Å². The van der Waals surface area contributed by atoms with Crippen molar-refractivity contribution < 1.29 is 0 Å². The predicted octanol–water partition coefficient (Wildman–Crippen LogP) is 1.24. The quantitative estimate of drug-likeness (QED) is 0.728. The number of hydrogen-bond acceptors (Lipinski definition) is 3. The van der Waals surface area contributed by atoms with E-state index in [-0.39, 0.29) is 5.11 Å². The van der Waals surface area contributed by atoms with Gasteiger partial charge in [0.1, 0.15) is 0 Å². The Balaban J connectivity index is 2.73. The summed E-state index contributed by atoms with van der Waals surface area (Å²) in [5, 5.41) is 8.34. The lowest BCUT2D eigenvalue weighted by molar-refractivity contribution is 0.789. The second-order valence-electron chi connectivity index (χ2n) is 3.74. The molecule has 0 aliphatic heterocycles. The van der Waals surface area contributed by atoms with Gasteiger partial charge in [0.05, 0.1) is 5.39 Å². The topological polar surface area (TPSA) is 68.8 Å². The molecule has 0 saturated carbocycles. The van der Waals surface area contributed by atoms with Crippen LogP contribution >= 0.6 is 12.2 Å². The van der Waals surface area contributed by atoms with E-state index in [4.69, 9.17) is 18.0 Å². The van der Waals surface area contributed by atoms with Gasteiger partial charge in [0.15, 0.2) is 16.6 Å². The number of nitrogens with zero attached hydrogens (tertiary/aromatic N) is 3. The molecule has 0 radical (unpaired) electrons. The van der Waals surface area contributed by atoms with Crippen LogP contribution in [-0.4, -0.2) is 19.9 Å². The molecule has 0 atom stereocenters. The molecule has 2 aromatic rings. The summed E-state index contributed by atoms with van der Waals surface area (Å²) in [5.74, 6) is 0.662. The third-order valence-corrected chi connectivity index (χ3v) is 2.46. The normalized spacial score (nSPS) is 10.7. The number of thiocarbonyl (C=S) groups is 1. The molecule has 16 heavy (non-hydrogen) atoms. The van der Waals surface area contributed by atoms with Crippen LogP contribution in [-0.2, 0) is 7.05 Å². The van der Waals surface area contributed by atoms with E-state index in [9.17, 15) is 0 Å². The molecule has 0 saturated heterocycles. The van der Waals surface area contributed by atoms with Gasteiger partial charge in [-0.15, -0.1) is 0 Å². The minimum absolute atomic E-state index is 0.208. The monoisotopic (exact) mass is 235 g/mol. The number of rotatable bonds is 1. The molecule has 3 N–H and O–H groups in total. The Kier molecular flexibility index (Phi) is 2.51. The number of aryl methyl sites for hydroxylation is 3. The predicted molar refractivity (Wildman–Crippen MR) is 68.4 cm³/mol. The minimum atomic E-state index is 0.208. The molecular formula is C10H13N5S. The van der Waals surface area contributed by atoms with Crippen molar-refractivity contribution >= 4 is 34.2 Å². The number of nitrogens with two attached hydrogens (primary N) is 1. The number of hydrogen-bond donors (Lipinski definition) is 2. The fraction of sp³-hybridized carbons (Fsp3) is 0.300. The first-order valence-electron chi connectivity index (χ1n) is 4.86. The first-order valence-corrected chi connectivity index (χ1v) is 5.27. The largest absolute Gasteiger partial charge is 0.376 e. The van der Waals surface area contributed by atoms with Crippen molar-refractivity contribution in [2.24, 2.45) is 12.8 Å². The van der Waals surface area contributed by atoms with Crippen LogP contribution in [0.2, 0.25) is 0 Å². The van der Waals surface area contributed by atoms with E-state index in [0.717, 1.165) is 22.3 Å². The Bertz CT molecular complexity index is 572. The highest BCUT2D eigenvalue weighted by atomic mass is 32.1. The molecule has 0 spiro atoms. The van der Waals surface area contributed by atoms with Crippen LogP contribution in [0.1, 0.15) is 11.3 Å². The van der Waals surface area contributed by atoms with Crippen molar-refractivity contribution in [3.63, 3.8) is 0 Å². The second-order valence-corrected chi connectivity index (χ2v) is 4.18. The van der Waals surface area contributed by atoms with Crippen molar-refractivity contribution in [1.29, 1.82) is 0 Å². The van der Waals surface area contributed by atoms with Gasteiger partial charge in [-0.25, -0.2) is 9.67 Å². The van der Waals surface area contributed by atoms with Crippen LogP contribution in [0, 0.1) is 13.8 Å². The summed E-state index contributed by atoms with van der Waals surface area (Å²) in [5.41, 5.74) is 8.36. The number of fused-ring (bicyclic) bond motifs is 1. The second kappa shape index (κ2) is 3.71. The lowest BCUT2D eigenvalue weighted by Crippen LogP contribution is -2.19. The summed E-state index contributed by atoms with van der Waals surface area (Å²) in [7, 11) is 1.85. The maximum atomic E-state index is 5.46. The summed E-state index contributed by atoms with van der Waals surface area (Å²) in [4.78, 5) is 4.44. The summed E-state index contributed by atoms with van der Waals surface area (Å²) < 4.78 is 1.72. The standard InChI is InChI=1S/C10H13N5S/c1-5-4-6(2)12-9-7(5)8(13-10(11)16)14-15(9)3/h4H,1-3H3,(H3,11,13,14,16). The molecule has 84 valence electrons. The molecule has 0 fully saturated rings. The lowest BCUT2D eigenvalue weighted by Gasteiger charge is -2.02. The van der Waals surface area contributed by atoms with Gasteiger partial charge in [-0.05, 0) is 37.7 Å². The number of nitrogens with one attached hydrogen (secondary N) is 1. The Morgan fingerprint density at radius 2 is 2.19 bits per heavy atom. The van der Waals surface area contributed by atoms with E-state index in [2.05, 4.69) is 15.4 Å². The highest BCUT2D eigenvalue weighted by Gasteiger charge is 2.12. The molecule has 0 unspecified atom stereocenters. The molecule has 2 rings (SSSR count). The Morgan fingerprint density at radius 3 is 2.81 bits per heavy atom. The summed E-state index contributed by atoms with van der Waals surface area (Å²) in [6.45, 7) is 3.98. The number of aromatic nitrogens is 3. The van der Waals surface area contributed by atoms with Crippen LogP contribution in [0.25, 0.3) is 11.0 Å². The van der Waals surface area contributed by atoms with Crippen molar-refractivity contribution in [3.8, 4) is 0 Å². The molecule has 5 nitrogen and oxygen atoms in total. The molecule has 2 aromatic heterocycles. The van der Waals surface area contributed by atoms with Gasteiger partial charge in [0.25, 0.3) is 0 Å². The highest BCUT2D eigenvalue weighted by molar-refractivity contribution is 7.80. The minimum Gasteiger partial charge on any atom is -0.376 e. The average molecular weight is 235 g/mol. The SMILES string of the molecule is Cc1cc(C)c2c(NC(N)=S)nn(C)c2n1. The summed E-state index contributed by atoms with van der Waals surface area (Å²) in [6.07, 6.45) is 0. The van der Waals surface area contributed by atoms with E-state index >= 15 is 0 Å². The van der Waals surface area contributed by atoms with Crippen LogP contribution < -0.4 is 11.1 Å². The van der Waals surface area contributed by atoms with Gasteiger partial charge in [0.2, 0.25) is 0 Å². The Morgan fingerprint density at radius 1 is 1.50 bits per heavy atom. The third-order valence-electron chi connectivity index (χ3n) is 2.36. The molecule has 0 bridgehead atoms. The molecular weight excluding hydrogens is 222 g/mol. The zero-order valence-corrected chi connectivity index (χ0v) is 10.2. The van der Waals surface area contributed by atoms with E-state index in [0.29, 0.717) is 5.82 Å². The van der Waals surface area contributed by atoms with E-state index in [1.807, 2.05) is 27.0 Å². The van der Waals surface area contributed by atoms with Gasteiger partial charge < -0.3 is 11.1 Å². The maximum absolute atomic E-state index is 5.46. The molecule has 0 aliphatic carbocycles. The first-order chi connectivity index (χ1) is 7.49. The zero-order chi connectivity index (χ0) is 11.9. The first kappa shape index (κ1) is 10.8. The van der Waals surface area contributed by atoms with Crippen molar-refractivity contribution in [2.75, 3.05) is 5.32 Å². The Labute approximate surface area is 98.6 Å². The van der Waals surface area contributed by atoms with Crippen molar-refractivity contribution in [2.45, 2.75) is 13.8 Å². The van der Waals surface area contributed by atoms with Gasteiger partial charge in [0, 0.05) is 12.7 Å². The van der Waals surface area contributed by atoms with E-state index < -0.39 is 0 Å². The van der Waals surface area contributed by atoms with Crippen LogP contribution in [0.3, 0.4) is 0 Å². The molecule has 0 aliphatic rings. The van der Waals surface area contributed by atoms with Gasteiger partial charge in [-0.3, -0.25) is 0 Å². The van der Waals surface area contributed by atoms with E-state index in [1.54, 1.807) is 4.68 Å². The average Bonchev–Trinajstić information content (AvgIpc) is 2.42. The maximum Gasteiger partial charge on any atom is 0.169 e. The lowest BCUT2D eigenvalue weighted by atomic mass is 10.2. The van der Waals surface area contributed by atoms with Gasteiger partial charge in [-0.1, -0.05) is 0 Å². The number of anilines is 1. The van der Waals surface area contributed by atoms with Crippen LogP contribution in [0.5, 0.6) is 0 Å². The summed E-state index contributed by atoms with van der Waals surface area (Å²) in [6, 6.07) is 2.01. The molecule has 0 aromatic carbocycles. The Hall–Kier alpha value is -1.69. The van der Waals surface area contributed by atoms with Gasteiger partial charge >= 0.3 is 0 Å². The van der Waals surface area contributed by atoms with Crippen molar-refractivity contribution in [1.82, 2.24) is 14.8 Å². The van der Waals surface area contributed by atoms with Crippen molar-refractivity contribution in [3.05, 3.63) is 17.3 Å². The van der Waals surface area contributed by atoms with Gasteiger partial charge in [-0.2, -0.15) is 5.10 Å². The van der Waals surface area contributed by atoms with Crippen LogP contribution in [0.15, 0.2) is 6.07 Å². The molecule has 2 heterocycles.